The number of nitrogens with zero attached hydrogens (tertiary/aromatic N) is 1. The van der Waals surface area contributed by atoms with Crippen LogP contribution in [0.25, 0.3) is 0 Å². The van der Waals surface area contributed by atoms with Crippen LogP contribution in [0.3, 0.4) is 0 Å². The van der Waals surface area contributed by atoms with E-state index in [1.165, 1.54) is 31.1 Å². The first-order chi connectivity index (χ1) is 18.1. The Morgan fingerprint density at radius 2 is 1.80 bits per heavy atom. The number of hydrogen-bond donors (Lipinski definition) is 8. The van der Waals surface area contributed by atoms with E-state index in [0.717, 1.165) is 0 Å². The first-order valence-corrected chi connectivity index (χ1v) is 12.8. The summed E-state index contributed by atoms with van der Waals surface area (Å²) < 4.78 is 0. The van der Waals surface area contributed by atoms with Gasteiger partial charge in [0, 0.05) is 11.5 Å². The number of hydrogen-bond acceptors (Lipinski definition) is 11. The minimum Gasteiger partial charge on any atom is -0.510 e. The summed E-state index contributed by atoms with van der Waals surface area (Å²) in [4.78, 5) is 51.8. The molecule has 2 amide bonds. The average molecular weight is 691 g/mol. The fourth-order valence-electron chi connectivity index (χ4n) is 6.02. The Kier molecular flexibility index (Phi) is 8.62. The van der Waals surface area contributed by atoms with E-state index in [0.29, 0.717) is 0 Å². The molecular weight excluding hydrogens is 662 g/mol. The predicted octanol–water partition coefficient (Wildman–Crippen LogP) is -0.0754. The Balaban J connectivity index is 0.00000441. The number of fused-ring (bicyclic) bond motifs is 3. The number of alkyl halides is 1. The van der Waals surface area contributed by atoms with E-state index >= 15 is 0 Å². The number of Topliss-reactive ketones (excluding diaryl/α,β-unsaturated/α-hetero) is 2. The van der Waals surface area contributed by atoms with Crippen molar-refractivity contribution in [3.05, 3.63) is 45.9 Å². The number of anilines is 1. The lowest BCUT2D eigenvalue weighted by atomic mass is 9.55. The molecule has 0 fully saturated rings. The molecule has 1 aromatic carbocycles. The Morgan fingerprint density at radius 3 is 2.33 bits per heavy atom. The molecule has 15 heteroatoms. The van der Waals surface area contributed by atoms with Gasteiger partial charge in [0.25, 0.3) is 5.91 Å². The van der Waals surface area contributed by atoms with Crippen molar-refractivity contribution in [2.45, 2.75) is 35.4 Å². The highest BCUT2D eigenvalue weighted by atomic mass is 79.9. The number of likely N-dealkylation sites (N-methyl/N-ethyl adjacent to an activating group) is 1. The molecule has 0 radical (unpaired) electrons. The molecule has 0 aliphatic heterocycles. The van der Waals surface area contributed by atoms with Crippen LogP contribution in [0.2, 0.25) is 0 Å². The number of carbonyl (C=O) groups is 4. The van der Waals surface area contributed by atoms with Crippen molar-refractivity contribution in [3.8, 4) is 5.75 Å². The van der Waals surface area contributed by atoms with Gasteiger partial charge in [0.1, 0.15) is 21.9 Å². The molecule has 4 rings (SSSR count). The largest absolute Gasteiger partial charge is 0.510 e. The van der Waals surface area contributed by atoms with Crippen LogP contribution in [0.1, 0.15) is 28.8 Å². The number of aromatic hydroxyl groups is 1. The average Bonchev–Trinajstić information content (AvgIpc) is 2.86. The number of amides is 2. The lowest BCUT2D eigenvalue weighted by Gasteiger charge is -2.53. The Hall–Kier alpha value is -2.82. The molecule has 5 unspecified atom stereocenters. The van der Waals surface area contributed by atoms with E-state index in [9.17, 15) is 49.8 Å². The van der Waals surface area contributed by atoms with Gasteiger partial charge >= 0.3 is 0 Å². The van der Waals surface area contributed by atoms with Gasteiger partial charge in [-0.25, -0.2) is 0 Å². The molecule has 0 saturated carbocycles. The van der Waals surface area contributed by atoms with Crippen LogP contribution in [-0.2, 0) is 14.4 Å². The Labute approximate surface area is 246 Å². The van der Waals surface area contributed by atoms with Crippen LogP contribution in [0.15, 0.2) is 34.8 Å². The Morgan fingerprint density at radius 1 is 1.20 bits per heavy atom. The summed E-state index contributed by atoms with van der Waals surface area (Å²) in [5.41, 5.74) is 0.455. The molecule has 0 aromatic heterocycles. The van der Waals surface area contributed by atoms with Crippen molar-refractivity contribution in [2.24, 2.45) is 17.6 Å². The maximum atomic E-state index is 13.8. The molecule has 1 aromatic rings. The maximum absolute atomic E-state index is 13.8. The third kappa shape index (κ3) is 4.26. The maximum Gasteiger partial charge on any atom is 0.255 e. The number of primary amides is 1. The highest BCUT2D eigenvalue weighted by molar-refractivity contribution is 9.10. The topological polar surface area (TPSA) is 231 Å². The van der Waals surface area contributed by atoms with Crippen LogP contribution in [0.5, 0.6) is 5.75 Å². The Bertz CT molecular complexity index is 1380. The van der Waals surface area contributed by atoms with E-state index in [1.807, 2.05) is 0 Å². The fourth-order valence-corrected chi connectivity index (χ4v) is 6.13. The van der Waals surface area contributed by atoms with Crippen molar-refractivity contribution in [3.63, 3.8) is 0 Å². The molecule has 7 atom stereocenters. The summed E-state index contributed by atoms with van der Waals surface area (Å²) in [5.74, 6) is -10.8. The first-order valence-electron chi connectivity index (χ1n) is 11.9. The second-order valence-corrected chi connectivity index (χ2v) is 11.2. The van der Waals surface area contributed by atoms with Crippen LogP contribution in [0, 0.1) is 11.8 Å². The number of phenols is 1. The third-order valence-corrected chi connectivity index (χ3v) is 8.54. The number of rotatable bonds is 5. The van der Waals surface area contributed by atoms with Gasteiger partial charge < -0.3 is 41.7 Å². The lowest BCUT2D eigenvalue weighted by molar-refractivity contribution is -0.162. The zero-order valence-corrected chi connectivity index (χ0v) is 24.8. The summed E-state index contributed by atoms with van der Waals surface area (Å²) >= 11 is 2.96. The zero-order chi connectivity index (χ0) is 29.3. The minimum absolute atomic E-state index is 0. The molecule has 9 N–H and O–H groups in total. The van der Waals surface area contributed by atoms with E-state index in [1.54, 1.807) is 6.92 Å². The zero-order valence-electron chi connectivity index (χ0n) is 21.5. The van der Waals surface area contributed by atoms with Gasteiger partial charge in [-0.2, -0.15) is 0 Å². The molecule has 40 heavy (non-hydrogen) atoms. The quantitative estimate of drug-likeness (QED) is 0.116. The highest BCUT2D eigenvalue weighted by Gasteiger charge is 2.67. The normalized spacial score (nSPS) is 30.2. The molecular formula is C25H29Br2N3O10. The van der Waals surface area contributed by atoms with Crippen molar-refractivity contribution in [1.82, 2.24) is 4.90 Å². The van der Waals surface area contributed by atoms with Gasteiger partial charge in [-0.1, -0.05) is 28.9 Å². The summed E-state index contributed by atoms with van der Waals surface area (Å²) in [6, 6.07) is 1.41. The summed E-state index contributed by atoms with van der Waals surface area (Å²) in [5, 5.41) is 67.9. The van der Waals surface area contributed by atoms with Gasteiger partial charge in [-0.3, -0.25) is 24.1 Å². The highest BCUT2D eigenvalue weighted by Crippen LogP contribution is 2.56. The number of phenolic OH excluding ortho intramolecular Hbond substituents is 1. The van der Waals surface area contributed by atoms with Crippen LogP contribution >= 0.6 is 32.9 Å². The SMILES string of the molecule is Br.CC1c2ccc(NC(=O)C(Br)CO)c(O)c2C(=O)C2=C(O)[C@]3(O)C(=O)C(C(N)=O)=C(O)[C@@H](N(C)C)C3C(O)C21. The molecule has 0 spiro atoms. The third-order valence-electron chi connectivity index (χ3n) is 7.83. The van der Waals surface area contributed by atoms with Crippen LogP contribution in [-0.4, -0.2) is 102 Å². The van der Waals surface area contributed by atoms with Crippen molar-refractivity contribution in [1.29, 1.82) is 0 Å². The number of benzene rings is 1. The van der Waals surface area contributed by atoms with E-state index in [2.05, 4.69) is 21.2 Å². The van der Waals surface area contributed by atoms with Crippen molar-refractivity contribution >= 4 is 62.0 Å². The van der Waals surface area contributed by atoms with Gasteiger partial charge in [-0.15, -0.1) is 17.0 Å². The molecule has 3 aliphatic carbocycles. The monoisotopic (exact) mass is 689 g/mol. The number of ketones is 2. The van der Waals surface area contributed by atoms with Gasteiger partial charge in [0.05, 0.1) is 35.9 Å². The molecule has 3 aliphatic rings. The van der Waals surface area contributed by atoms with Gasteiger partial charge in [0.15, 0.2) is 17.1 Å². The van der Waals surface area contributed by atoms with Gasteiger partial charge in [0.2, 0.25) is 11.7 Å². The number of halogens is 2. The molecule has 218 valence electrons. The number of nitrogens with two attached hydrogens (primary N) is 1. The van der Waals surface area contributed by atoms with Crippen molar-refractivity contribution < 1.29 is 49.8 Å². The first kappa shape index (κ1) is 31.7. The summed E-state index contributed by atoms with van der Waals surface area (Å²) in [6.07, 6.45) is -1.71. The van der Waals surface area contributed by atoms with E-state index < -0.39 is 98.7 Å². The summed E-state index contributed by atoms with van der Waals surface area (Å²) in [7, 11) is 2.90. The number of aliphatic hydroxyl groups is 5. The molecule has 0 bridgehead atoms. The molecule has 13 nitrogen and oxygen atoms in total. The molecule has 0 saturated heterocycles. The standard InChI is InChI=1S/C25H28BrN3O10.BrH/c1-7-8-4-5-10(28-24(38)9(26)6-30)17(31)12(8)18(32)13-11(7)19(33)15-16(29(2)3)20(34)14(23(27)37)22(36)25(15,39)21(13)35;/h4-5,7,9,11,15-16,19,30-31,33-35,39H,6H2,1-3H3,(H2,27,37)(H,28,38);1H/t7?,9?,11?,15?,16-,19?,25-;/m0./s1. The predicted molar refractivity (Wildman–Crippen MR) is 149 cm³/mol. The van der Waals surface area contributed by atoms with Gasteiger partial charge in [-0.05, 0) is 31.6 Å². The van der Waals surface area contributed by atoms with E-state index in [-0.39, 0.29) is 33.8 Å². The number of nitrogens with one attached hydrogen (secondary N) is 1. The van der Waals surface area contributed by atoms with Crippen molar-refractivity contribution in [2.75, 3.05) is 26.0 Å². The number of carbonyl (C=O) groups excluding carboxylic acids is 4. The minimum atomic E-state index is -3.02. The second kappa shape index (κ2) is 10.9. The van der Waals surface area contributed by atoms with E-state index in [4.69, 9.17) is 5.73 Å². The summed E-state index contributed by atoms with van der Waals surface area (Å²) in [6.45, 7) is 1.04. The van der Waals surface area contributed by atoms with Crippen LogP contribution in [0.4, 0.5) is 5.69 Å². The fraction of sp³-hybridized carbons (Fsp3) is 0.440. The smallest absolute Gasteiger partial charge is 0.255 e. The second-order valence-electron chi connectivity index (χ2n) is 10.1. The lowest BCUT2D eigenvalue weighted by Crippen LogP contribution is -2.68. The van der Waals surface area contributed by atoms with Crippen LogP contribution < -0.4 is 11.1 Å². The number of aliphatic hydroxyl groups excluding tert-OH is 4. The molecule has 0 heterocycles.